The summed E-state index contributed by atoms with van der Waals surface area (Å²) in [6.45, 7) is 4.11. The molecule has 0 radical (unpaired) electrons. The van der Waals surface area contributed by atoms with Crippen molar-refractivity contribution < 1.29 is 13.9 Å². The average molecular weight is 287 g/mol. The smallest absolute Gasteiger partial charge is 0.123 e. The molecule has 2 aromatic rings. The monoisotopic (exact) mass is 287 g/mol. The Morgan fingerprint density at radius 1 is 1.29 bits per heavy atom. The Hall–Kier alpha value is -1.78. The number of furan rings is 1. The number of aryl methyl sites for hydroxylation is 1. The second-order valence-corrected chi connectivity index (χ2v) is 5.38. The molecule has 0 saturated carbocycles. The van der Waals surface area contributed by atoms with Crippen LogP contribution in [0.2, 0.25) is 0 Å². The second-order valence-electron chi connectivity index (χ2n) is 5.38. The Labute approximate surface area is 125 Å². The standard InChI is InChI=1S/C17H21NO3/c1-12-3-5-17(21-12)15(11-19-2)18-10-13-4-6-16-14(9-13)7-8-20-16/h3-6,9,15,18H,7-8,10-11H2,1-2H3/t15-/m0/s1. The highest BCUT2D eigenvalue weighted by Gasteiger charge is 2.16. The zero-order valence-electron chi connectivity index (χ0n) is 12.5. The number of methoxy groups -OCH3 is 1. The van der Waals surface area contributed by atoms with E-state index in [0.29, 0.717) is 6.61 Å². The van der Waals surface area contributed by atoms with Gasteiger partial charge in [0.2, 0.25) is 0 Å². The first-order valence-corrected chi connectivity index (χ1v) is 7.29. The van der Waals surface area contributed by atoms with Gasteiger partial charge in [0.25, 0.3) is 0 Å². The van der Waals surface area contributed by atoms with Crippen molar-refractivity contribution >= 4 is 0 Å². The van der Waals surface area contributed by atoms with Crippen molar-refractivity contribution in [3.63, 3.8) is 0 Å². The lowest BCUT2D eigenvalue weighted by Gasteiger charge is -2.16. The molecular formula is C17H21NO3. The van der Waals surface area contributed by atoms with Crippen molar-refractivity contribution in [2.75, 3.05) is 20.3 Å². The van der Waals surface area contributed by atoms with Crippen LogP contribution in [0.3, 0.4) is 0 Å². The Bertz CT molecular complexity index is 606. The fourth-order valence-corrected chi connectivity index (χ4v) is 2.64. The van der Waals surface area contributed by atoms with Crippen molar-refractivity contribution in [1.29, 1.82) is 0 Å². The minimum Gasteiger partial charge on any atom is -0.493 e. The Morgan fingerprint density at radius 3 is 2.95 bits per heavy atom. The van der Waals surface area contributed by atoms with Gasteiger partial charge in [-0.25, -0.2) is 0 Å². The van der Waals surface area contributed by atoms with Gasteiger partial charge < -0.3 is 19.2 Å². The minimum atomic E-state index is 0.0632. The van der Waals surface area contributed by atoms with Crippen molar-refractivity contribution in [2.45, 2.75) is 25.9 Å². The van der Waals surface area contributed by atoms with Crippen LogP contribution in [-0.4, -0.2) is 20.3 Å². The van der Waals surface area contributed by atoms with Crippen LogP contribution in [0.1, 0.15) is 28.7 Å². The highest BCUT2D eigenvalue weighted by Crippen LogP contribution is 2.26. The van der Waals surface area contributed by atoms with Crippen LogP contribution in [0.5, 0.6) is 5.75 Å². The average Bonchev–Trinajstić information content (AvgIpc) is 3.11. The van der Waals surface area contributed by atoms with E-state index >= 15 is 0 Å². The molecule has 1 aromatic carbocycles. The number of rotatable bonds is 6. The molecule has 1 aliphatic heterocycles. The molecular weight excluding hydrogens is 266 g/mol. The number of benzene rings is 1. The van der Waals surface area contributed by atoms with E-state index in [2.05, 4.69) is 23.5 Å². The van der Waals surface area contributed by atoms with E-state index in [1.807, 2.05) is 19.1 Å². The molecule has 4 nitrogen and oxygen atoms in total. The maximum absolute atomic E-state index is 5.70. The molecule has 0 fully saturated rings. The summed E-state index contributed by atoms with van der Waals surface area (Å²) < 4.78 is 16.5. The number of fused-ring (bicyclic) bond motifs is 1. The van der Waals surface area contributed by atoms with E-state index < -0.39 is 0 Å². The number of hydrogen-bond acceptors (Lipinski definition) is 4. The largest absolute Gasteiger partial charge is 0.493 e. The topological polar surface area (TPSA) is 43.6 Å². The molecule has 0 bridgehead atoms. The van der Waals surface area contributed by atoms with E-state index in [-0.39, 0.29) is 6.04 Å². The fourth-order valence-electron chi connectivity index (χ4n) is 2.64. The van der Waals surface area contributed by atoms with Crippen LogP contribution < -0.4 is 10.1 Å². The van der Waals surface area contributed by atoms with Gasteiger partial charge in [-0.2, -0.15) is 0 Å². The molecule has 0 unspecified atom stereocenters. The summed E-state index contributed by atoms with van der Waals surface area (Å²) in [6.07, 6.45) is 1.00. The van der Waals surface area contributed by atoms with E-state index in [4.69, 9.17) is 13.9 Å². The maximum Gasteiger partial charge on any atom is 0.123 e. The summed E-state index contributed by atoms with van der Waals surface area (Å²) in [7, 11) is 1.71. The van der Waals surface area contributed by atoms with E-state index in [1.165, 1.54) is 11.1 Å². The van der Waals surface area contributed by atoms with Crippen molar-refractivity contribution in [3.8, 4) is 5.75 Å². The van der Waals surface area contributed by atoms with Crippen LogP contribution in [0.25, 0.3) is 0 Å². The van der Waals surface area contributed by atoms with E-state index in [0.717, 1.165) is 36.8 Å². The molecule has 1 aliphatic rings. The summed E-state index contributed by atoms with van der Waals surface area (Å²) in [5.74, 6) is 2.86. The van der Waals surface area contributed by atoms with Crippen molar-refractivity contribution in [3.05, 3.63) is 53.0 Å². The third-order valence-electron chi connectivity index (χ3n) is 3.74. The highest BCUT2D eigenvalue weighted by atomic mass is 16.5. The molecule has 1 atom stereocenters. The SMILES string of the molecule is COC[C@H](NCc1ccc2c(c1)CCO2)c1ccc(C)o1. The van der Waals surface area contributed by atoms with Crippen LogP contribution in [0, 0.1) is 6.92 Å². The molecule has 112 valence electrons. The first-order chi connectivity index (χ1) is 10.3. The molecule has 0 spiro atoms. The fraction of sp³-hybridized carbons (Fsp3) is 0.412. The molecule has 0 aliphatic carbocycles. The third-order valence-corrected chi connectivity index (χ3v) is 3.74. The summed E-state index contributed by atoms with van der Waals surface area (Å²) in [5.41, 5.74) is 2.55. The molecule has 4 heteroatoms. The van der Waals surface area contributed by atoms with Gasteiger partial charge in [0.15, 0.2) is 0 Å². The Morgan fingerprint density at radius 2 is 2.19 bits per heavy atom. The summed E-state index contributed by atoms with van der Waals surface area (Å²) in [4.78, 5) is 0. The van der Waals surface area contributed by atoms with Gasteiger partial charge in [-0.3, -0.25) is 0 Å². The van der Waals surface area contributed by atoms with Gasteiger partial charge in [-0.05, 0) is 36.2 Å². The molecule has 3 rings (SSSR count). The predicted octanol–water partition coefficient (Wildman–Crippen LogP) is 3.00. The highest BCUT2D eigenvalue weighted by molar-refractivity contribution is 5.39. The Kier molecular flexibility index (Phi) is 4.27. The van der Waals surface area contributed by atoms with Crippen LogP contribution >= 0.6 is 0 Å². The summed E-state index contributed by atoms with van der Waals surface area (Å²) >= 11 is 0. The van der Waals surface area contributed by atoms with E-state index in [1.54, 1.807) is 7.11 Å². The molecule has 21 heavy (non-hydrogen) atoms. The van der Waals surface area contributed by atoms with Gasteiger partial charge in [0, 0.05) is 20.1 Å². The Balaban J connectivity index is 1.66. The number of nitrogens with one attached hydrogen (secondary N) is 1. The molecule has 1 N–H and O–H groups in total. The molecule has 0 saturated heterocycles. The lowest BCUT2D eigenvalue weighted by Crippen LogP contribution is -2.24. The van der Waals surface area contributed by atoms with Crippen LogP contribution in [0.4, 0.5) is 0 Å². The normalized spacial score (nSPS) is 14.8. The van der Waals surface area contributed by atoms with Crippen LogP contribution in [0.15, 0.2) is 34.7 Å². The van der Waals surface area contributed by atoms with Crippen molar-refractivity contribution in [2.24, 2.45) is 0 Å². The lowest BCUT2D eigenvalue weighted by atomic mass is 10.1. The zero-order chi connectivity index (χ0) is 14.7. The van der Waals surface area contributed by atoms with Gasteiger partial charge in [-0.15, -0.1) is 0 Å². The zero-order valence-corrected chi connectivity index (χ0v) is 12.5. The third kappa shape index (κ3) is 3.28. The second kappa shape index (κ2) is 6.33. The first kappa shape index (κ1) is 14.2. The quantitative estimate of drug-likeness (QED) is 0.887. The summed E-state index contributed by atoms with van der Waals surface area (Å²) in [6, 6.07) is 10.4. The van der Waals surface area contributed by atoms with Gasteiger partial charge in [0.05, 0.1) is 19.3 Å². The molecule has 1 aromatic heterocycles. The predicted molar refractivity (Wildman–Crippen MR) is 80.5 cm³/mol. The van der Waals surface area contributed by atoms with E-state index in [9.17, 15) is 0 Å². The summed E-state index contributed by atoms with van der Waals surface area (Å²) in [5, 5.41) is 3.50. The van der Waals surface area contributed by atoms with Crippen molar-refractivity contribution in [1.82, 2.24) is 5.32 Å². The van der Waals surface area contributed by atoms with Gasteiger partial charge in [-0.1, -0.05) is 12.1 Å². The molecule has 2 heterocycles. The number of ether oxygens (including phenoxy) is 2. The van der Waals surface area contributed by atoms with Gasteiger partial charge in [0.1, 0.15) is 17.3 Å². The minimum absolute atomic E-state index is 0.0632. The van der Waals surface area contributed by atoms with Crippen LogP contribution in [-0.2, 0) is 17.7 Å². The van der Waals surface area contributed by atoms with Gasteiger partial charge >= 0.3 is 0 Å². The first-order valence-electron chi connectivity index (χ1n) is 7.29. The number of hydrogen-bond donors (Lipinski definition) is 1. The maximum atomic E-state index is 5.70. The lowest BCUT2D eigenvalue weighted by molar-refractivity contribution is 0.156. The molecule has 0 amide bonds.